The van der Waals surface area contributed by atoms with Gasteiger partial charge in [0.05, 0.1) is 12.5 Å². The molecule has 0 aliphatic rings. The molecule has 0 aliphatic carbocycles. The number of benzene rings is 2. The second-order valence-corrected chi connectivity index (χ2v) is 6.26. The fourth-order valence-electron chi connectivity index (χ4n) is 2.46. The van der Waals surface area contributed by atoms with E-state index in [1.54, 1.807) is 42.5 Å². The third kappa shape index (κ3) is 6.22. The Morgan fingerprint density at radius 2 is 1.54 bits per heavy atom. The van der Waals surface area contributed by atoms with Crippen LogP contribution in [-0.2, 0) is 14.4 Å². The fraction of sp³-hybridized carbons (Fsp3) is 0.211. The van der Waals surface area contributed by atoms with Gasteiger partial charge in [0.1, 0.15) is 0 Å². The predicted octanol–water partition coefficient (Wildman–Crippen LogP) is 3.50. The molecule has 2 aromatic rings. The summed E-state index contributed by atoms with van der Waals surface area (Å²) in [6, 6.07) is 13.3. The van der Waals surface area contributed by atoms with E-state index >= 15 is 0 Å². The van der Waals surface area contributed by atoms with E-state index in [4.69, 9.17) is 11.6 Å². The molecule has 0 heterocycles. The van der Waals surface area contributed by atoms with Gasteiger partial charge in [0.25, 0.3) is 0 Å². The molecule has 6 nitrogen and oxygen atoms in total. The largest absolute Gasteiger partial charge is 0.349 e. The SMILES string of the molecule is CC(=O)Nc1ccc(NC(=O)CC(NC(C)=O)c2cccc(Cl)c2)cc1. The van der Waals surface area contributed by atoms with E-state index < -0.39 is 6.04 Å². The standard InChI is InChI=1S/C19H20ClN3O3/c1-12(24)21-16-6-8-17(9-7-16)23-19(26)11-18(22-13(2)25)14-4-3-5-15(20)10-14/h3-10,18H,11H2,1-2H3,(H,21,24)(H,22,25)(H,23,26). The van der Waals surface area contributed by atoms with Crippen molar-refractivity contribution in [1.82, 2.24) is 5.32 Å². The number of hydrogen-bond donors (Lipinski definition) is 3. The quantitative estimate of drug-likeness (QED) is 0.724. The summed E-state index contributed by atoms with van der Waals surface area (Å²) in [6.45, 7) is 2.82. The molecule has 1 atom stereocenters. The monoisotopic (exact) mass is 373 g/mol. The molecule has 0 bridgehead atoms. The first kappa shape index (κ1) is 19.5. The van der Waals surface area contributed by atoms with Gasteiger partial charge < -0.3 is 16.0 Å². The van der Waals surface area contributed by atoms with Crippen LogP contribution in [0.25, 0.3) is 0 Å². The van der Waals surface area contributed by atoms with Crippen molar-refractivity contribution in [2.45, 2.75) is 26.3 Å². The molecule has 7 heteroatoms. The lowest BCUT2D eigenvalue weighted by atomic mass is 10.0. The van der Waals surface area contributed by atoms with E-state index in [9.17, 15) is 14.4 Å². The molecule has 26 heavy (non-hydrogen) atoms. The molecule has 1 unspecified atom stereocenters. The Hall–Kier alpha value is -2.86. The number of carbonyl (C=O) groups is 3. The first-order chi connectivity index (χ1) is 12.3. The normalized spacial score (nSPS) is 11.3. The molecule has 3 amide bonds. The third-order valence-electron chi connectivity index (χ3n) is 3.51. The highest BCUT2D eigenvalue weighted by atomic mass is 35.5. The zero-order valence-electron chi connectivity index (χ0n) is 14.5. The topological polar surface area (TPSA) is 87.3 Å². The molecule has 0 spiro atoms. The average molecular weight is 374 g/mol. The maximum absolute atomic E-state index is 12.4. The molecule has 0 aromatic heterocycles. The van der Waals surface area contributed by atoms with E-state index in [-0.39, 0.29) is 24.1 Å². The Morgan fingerprint density at radius 3 is 2.08 bits per heavy atom. The number of anilines is 2. The van der Waals surface area contributed by atoms with Crippen LogP contribution >= 0.6 is 11.6 Å². The van der Waals surface area contributed by atoms with Crippen molar-refractivity contribution in [2.24, 2.45) is 0 Å². The lowest BCUT2D eigenvalue weighted by Gasteiger charge is -2.18. The average Bonchev–Trinajstić information content (AvgIpc) is 2.55. The summed E-state index contributed by atoms with van der Waals surface area (Å²) in [5.74, 6) is -0.653. The molecule has 2 aromatic carbocycles. The lowest BCUT2D eigenvalue weighted by molar-refractivity contribution is -0.120. The third-order valence-corrected chi connectivity index (χ3v) is 3.74. The van der Waals surface area contributed by atoms with Crippen molar-refractivity contribution in [1.29, 1.82) is 0 Å². The van der Waals surface area contributed by atoms with Crippen LogP contribution in [0.1, 0.15) is 31.9 Å². The van der Waals surface area contributed by atoms with Crippen LogP contribution in [0.4, 0.5) is 11.4 Å². The number of halogens is 1. The van der Waals surface area contributed by atoms with Gasteiger partial charge in [-0.25, -0.2) is 0 Å². The predicted molar refractivity (Wildman–Crippen MR) is 102 cm³/mol. The van der Waals surface area contributed by atoms with Gasteiger partial charge in [0.2, 0.25) is 17.7 Å². The van der Waals surface area contributed by atoms with Gasteiger partial charge in [-0.15, -0.1) is 0 Å². The Labute approximate surface area is 156 Å². The highest BCUT2D eigenvalue weighted by Gasteiger charge is 2.17. The molecular formula is C19H20ClN3O3. The first-order valence-corrected chi connectivity index (χ1v) is 8.41. The minimum Gasteiger partial charge on any atom is -0.349 e. The van der Waals surface area contributed by atoms with Crippen molar-refractivity contribution >= 4 is 40.7 Å². The smallest absolute Gasteiger partial charge is 0.226 e. The van der Waals surface area contributed by atoms with Crippen LogP contribution in [0.5, 0.6) is 0 Å². The number of carbonyl (C=O) groups excluding carboxylic acids is 3. The van der Waals surface area contributed by atoms with Gasteiger partial charge >= 0.3 is 0 Å². The lowest BCUT2D eigenvalue weighted by Crippen LogP contribution is -2.29. The highest BCUT2D eigenvalue weighted by Crippen LogP contribution is 2.22. The Morgan fingerprint density at radius 1 is 0.923 bits per heavy atom. The van der Waals surface area contributed by atoms with E-state index in [1.807, 2.05) is 6.07 Å². The Kier molecular flexibility index (Phi) is 6.74. The molecule has 0 saturated carbocycles. The summed E-state index contributed by atoms with van der Waals surface area (Å²) in [5, 5.41) is 8.73. The van der Waals surface area contributed by atoms with Crippen LogP contribution < -0.4 is 16.0 Å². The van der Waals surface area contributed by atoms with Crippen LogP contribution in [-0.4, -0.2) is 17.7 Å². The zero-order valence-corrected chi connectivity index (χ0v) is 15.3. The van der Waals surface area contributed by atoms with E-state index in [1.165, 1.54) is 13.8 Å². The first-order valence-electron chi connectivity index (χ1n) is 8.03. The van der Waals surface area contributed by atoms with Gasteiger partial charge in [-0.1, -0.05) is 23.7 Å². The highest BCUT2D eigenvalue weighted by molar-refractivity contribution is 6.30. The molecular weight excluding hydrogens is 354 g/mol. The summed E-state index contributed by atoms with van der Waals surface area (Å²) in [5.41, 5.74) is 1.99. The second kappa shape index (κ2) is 9.01. The molecule has 2 rings (SSSR count). The van der Waals surface area contributed by atoms with Crippen molar-refractivity contribution in [3.8, 4) is 0 Å². The maximum Gasteiger partial charge on any atom is 0.226 e. The molecule has 0 saturated heterocycles. The van der Waals surface area contributed by atoms with Crippen molar-refractivity contribution in [3.05, 3.63) is 59.1 Å². The number of nitrogens with one attached hydrogen (secondary N) is 3. The summed E-state index contributed by atoms with van der Waals surface area (Å²) in [7, 11) is 0. The maximum atomic E-state index is 12.4. The van der Waals surface area contributed by atoms with Crippen LogP contribution in [0.15, 0.2) is 48.5 Å². The summed E-state index contributed by atoms with van der Waals surface area (Å²) < 4.78 is 0. The van der Waals surface area contributed by atoms with Crippen molar-refractivity contribution < 1.29 is 14.4 Å². The van der Waals surface area contributed by atoms with Crippen molar-refractivity contribution in [2.75, 3.05) is 10.6 Å². The number of hydrogen-bond acceptors (Lipinski definition) is 3. The second-order valence-electron chi connectivity index (χ2n) is 5.82. The van der Waals surface area contributed by atoms with Gasteiger partial charge in [-0.3, -0.25) is 14.4 Å². The molecule has 0 radical (unpaired) electrons. The Bertz CT molecular complexity index is 806. The molecule has 3 N–H and O–H groups in total. The van der Waals surface area contributed by atoms with Crippen LogP contribution in [0, 0.1) is 0 Å². The summed E-state index contributed by atoms with van der Waals surface area (Å²) in [6.07, 6.45) is 0.0629. The van der Waals surface area contributed by atoms with E-state index in [0.717, 1.165) is 5.56 Å². The van der Waals surface area contributed by atoms with E-state index in [0.29, 0.717) is 16.4 Å². The van der Waals surface area contributed by atoms with Gasteiger partial charge in [-0.2, -0.15) is 0 Å². The Balaban J connectivity index is 2.04. The molecule has 0 aliphatic heterocycles. The molecule has 0 fully saturated rings. The van der Waals surface area contributed by atoms with Gasteiger partial charge in [0, 0.05) is 30.2 Å². The van der Waals surface area contributed by atoms with Gasteiger partial charge in [-0.05, 0) is 42.0 Å². The van der Waals surface area contributed by atoms with Crippen molar-refractivity contribution in [3.63, 3.8) is 0 Å². The fourth-order valence-corrected chi connectivity index (χ4v) is 2.66. The number of amides is 3. The minimum atomic E-state index is -0.482. The molecule has 136 valence electrons. The number of rotatable bonds is 6. The van der Waals surface area contributed by atoms with Crippen LogP contribution in [0.2, 0.25) is 5.02 Å². The van der Waals surface area contributed by atoms with Gasteiger partial charge in [0.15, 0.2) is 0 Å². The minimum absolute atomic E-state index is 0.0629. The zero-order chi connectivity index (χ0) is 19.1. The summed E-state index contributed by atoms with van der Waals surface area (Å²) in [4.78, 5) is 34.8. The van der Waals surface area contributed by atoms with E-state index in [2.05, 4.69) is 16.0 Å². The summed E-state index contributed by atoms with van der Waals surface area (Å²) >= 11 is 6.00. The van der Waals surface area contributed by atoms with Crippen LogP contribution in [0.3, 0.4) is 0 Å².